The number of hydrogen-bond donors (Lipinski definition) is 1. The highest BCUT2D eigenvalue weighted by atomic mass is 35.5. The first kappa shape index (κ1) is 18.4. The largest absolute Gasteiger partial charge is 0.355 e. The molecule has 26 heavy (non-hydrogen) atoms. The van der Waals surface area contributed by atoms with Gasteiger partial charge in [0.25, 0.3) is 5.91 Å². The molecule has 0 aliphatic carbocycles. The van der Waals surface area contributed by atoms with Gasteiger partial charge < -0.3 is 9.88 Å². The molecule has 0 aliphatic rings. The van der Waals surface area contributed by atoms with Crippen LogP contribution in [-0.4, -0.2) is 22.9 Å². The highest BCUT2D eigenvalue weighted by Crippen LogP contribution is 2.21. The summed E-state index contributed by atoms with van der Waals surface area (Å²) in [6.07, 6.45) is 0. The van der Waals surface area contributed by atoms with Gasteiger partial charge in [-0.05, 0) is 38.1 Å². The second-order valence-corrected chi connectivity index (χ2v) is 7.11. The molecule has 5 nitrogen and oxygen atoms in total. The van der Waals surface area contributed by atoms with Crippen LogP contribution in [0.4, 0.5) is 0 Å². The first-order chi connectivity index (χ1) is 12.5. The number of likely N-dealkylation sites (N-methyl/N-ethyl adjacent to an activating group) is 1. The molecule has 134 valence electrons. The zero-order chi connectivity index (χ0) is 18.7. The number of nitrogens with zero attached hydrogens (tertiary/aromatic N) is 2. The van der Waals surface area contributed by atoms with E-state index in [1.165, 1.54) is 11.3 Å². The van der Waals surface area contributed by atoms with Gasteiger partial charge in [-0.15, -0.1) is 0 Å². The Morgan fingerprint density at radius 3 is 2.62 bits per heavy atom. The minimum Gasteiger partial charge on any atom is -0.355 e. The lowest BCUT2D eigenvalue weighted by atomic mass is 10.2. The Bertz CT molecular complexity index is 1040. The van der Waals surface area contributed by atoms with E-state index < -0.39 is 11.9 Å². The van der Waals surface area contributed by atoms with Gasteiger partial charge in [-0.3, -0.25) is 9.59 Å². The quantitative estimate of drug-likeness (QED) is 0.740. The highest BCUT2D eigenvalue weighted by Gasteiger charge is 2.19. The third-order valence-corrected chi connectivity index (χ3v) is 5.32. The Kier molecular flexibility index (Phi) is 5.54. The summed E-state index contributed by atoms with van der Waals surface area (Å²) in [5.41, 5.74) is 1.20. The number of halogens is 1. The van der Waals surface area contributed by atoms with Gasteiger partial charge in [0, 0.05) is 6.54 Å². The summed E-state index contributed by atoms with van der Waals surface area (Å²) in [6.45, 7) is 4.20. The fourth-order valence-corrected chi connectivity index (χ4v) is 3.98. The number of aromatic nitrogens is 1. The standard InChI is InChI=1S/C19H18ClN3O2S/c1-3-21-17(24)12(2)23-15-10-6-7-11-16(15)26-19(23)22-18(25)13-8-4-5-9-14(13)20/h4-12H,3H2,1-2H3,(H,21,24)/t12-/m0/s1. The van der Waals surface area contributed by atoms with Crippen molar-refractivity contribution in [3.05, 3.63) is 63.9 Å². The van der Waals surface area contributed by atoms with E-state index in [1.807, 2.05) is 31.2 Å². The number of rotatable bonds is 4. The number of amides is 2. The monoisotopic (exact) mass is 387 g/mol. The van der Waals surface area contributed by atoms with E-state index in [-0.39, 0.29) is 5.91 Å². The predicted octanol–water partition coefficient (Wildman–Crippen LogP) is 3.79. The molecule has 0 unspecified atom stereocenters. The van der Waals surface area contributed by atoms with Crippen LogP contribution in [0.5, 0.6) is 0 Å². The first-order valence-corrected chi connectivity index (χ1v) is 9.43. The van der Waals surface area contributed by atoms with E-state index in [2.05, 4.69) is 10.3 Å². The van der Waals surface area contributed by atoms with Crippen LogP contribution in [0.1, 0.15) is 30.2 Å². The molecule has 1 heterocycles. The minimum atomic E-state index is -0.496. The Hall–Kier alpha value is -2.44. The maximum Gasteiger partial charge on any atom is 0.281 e. The molecule has 2 amide bonds. The van der Waals surface area contributed by atoms with E-state index in [0.717, 1.165) is 10.2 Å². The predicted molar refractivity (Wildman–Crippen MR) is 105 cm³/mol. The van der Waals surface area contributed by atoms with Crippen molar-refractivity contribution >= 4 is 45.0 Å². The zero-order valence-corrected chi connectivity index (χ0v) is 16.0. The fraction of sp³-hybridized carbons (Fsp3) is 0.211. The lowest BCUT2D eigenvalue weighted by Gasteiger charge is -2.14. The summed E-state index contributed by atoms with van der Waals surface area (Å²) < 4.78 is 2.74. The molecule has 0 saturated heterocycles. The number of carbonyl (C=O) groups excluding carboxylic acids is 2. The van der Waals surface area contributed by atoms with Crippen molar-refractivity contribution in [1.82, 2.24) is 9.88 Å². The van der Waals surface area contributed by atoms with Gasteiger partial charge in [0.15, 0.2) is 4.80 Å². The average Bonchev–Trinajstić information content (AvgIpc) is 2.99. The molecule has 7 heteroatoms. The van der Waals surface area contributed by atoms with Crippen molar-refractivity contribution in [2.75, 3.05) is 6.54 Å². The SMILES string of the molecule is CCNC(=O)[C@H](C)n1c(=NC(=O)c2ccccc2Cl)sc2ccccc21. The molecule has 0 aliphatic heterocycles. The van der Waals surface area contributed by atoms with Gasteiger partial charge in [0.05, 0.1) is 20.8 Å². The molecule has 0 bridgehead atoms. The zero-order valence-electron chi connectivity index (χ0n) is 14.4. The molecular weight excluding hydrogens is 370 g/mol. The van der Waals surface area contributed by atoms with Crippen molar-refractivity contribution in [3.63, 3.8) is 0 Å². The van der Waals surface area contributed by atoms with E-state index in [9.17, 15) is 9.59 Å². The van der Waals surface area contributed by atoms with Crippen LogP contribution in [0, 0.1) is 0 Å². The Morgan fingerprint density at radius 2 is 1.88 bits per heavy atom. The molecule has 1 aromatic heterocycles. The average molecular weight is 388 g/mol. The summed E-state index contributed by atoms with van der Waals surface area (Å²) >= 11 is 7.48. The summed E-state index contributed by atoms with van der Waals surface area (Å²) in [4.78, 5) is 29.7. The van der Waals surface area contributed by atoms with Crippen molar-refractivity contribution in [1.29, 1.82) is 0 Å². The Morgan fingerprint density at radius 1 is 1.19 bits per heavy atom. The summed E-state index contributed by atoms with van der Waals surface area (Å²) in [7, 11) is 0. The number of hydrogen-bond acceptors (Lipinski definition) is 3. The van der Waals surface area contributed by atoms with Crippen LogP contribution in [0.25, 0.3) is 10.2 Å². The smallest absolute Gasteiger partial charge is 0.281 e. The molecular formula is C19H18ClN3O2S. The summed E-state index contributed by atoms with van der Waals surface area (Å²) in [5.74, 6) is -0.554. The Balaban J connectivity index is 2.16. The van der Waals surface area contributed by atoms with E-state index >= 15 is 0 Å². The number of fused-ring (bicyclic) bond motifs is 1. The minimum absolute atomic E-state index is 0.123. The first-order valence-electron chi connectivity index (χ1n) is 8.24. The van der Waals surface area contributed by atoms with E-state index in [4.69, 9.17) is 11.6 Å². The third-order valence-electron chi connectivity index (χ3n) is 3.95. The number of benzene rings is 2. The van der Waals surface area contributed by atoms with Crippen LogP contribution in [0.15, 0.2) is 53.5 Å². The topological polar surface area (TPSA) is 63.5 Å². The molecule has 1 atom stereocenters. The van der Waals surface area contributed by atoms with Crippen molar-refractivity contribution in [2.45, 2.75) is 19.9 Å². The maximum absolute atomic E-state index is 12.6. The highest BCUT2D eigenvalue weighted by molar-refractivity contribution is 7.16. The summed E-state index contributed by atoms with van der Waals surface area (Å²) in [5, 5.41) is 3.17. The van der Waals surface area contributed by atoms with Crippen LogP contribution in [-0.2, 0) is 4.79 Å². The molecule has 2 aromatic carbocycles. The summed E-state index contributed by atoms with van der Waals surface area (Å²) in [6, 6.07) is 14.0. The van der Waals surface area contributed by atoms with Gasteiger partial charge in [0.2, 0.25) is 5.91 Å². The molecule has 3 rings (SSSR count). The fourth-order valence-electron chi connectivity index (χ4n) is 2.66. The molecule has 3 aromatic rings. The number of para-hydroxylation sites is 1. The normalized spacial score (nSPS) is 13.0. The van der Waals surface area contributed by atoms with Gasteiger partial charge >= 0.3 is 0 Å². The van der Waals surface area contributed by atoms with Crippen molar-refractivity contribution in [3.8, 4) is 0 Å². The van der Waals surface area contributed by atoms with Crippen molar-refractivity contribution in [2.24, 2.45) is 4.99 Å². The molecule has 0 radical (unpaired) electrons. The van der Waals surface area contributed by atoms with Gasteiger partial charge in [-0.1, -0.05) is 47.2 Å². The van der Waals surface area contributed by atoms with E-state index in [1.54, 1.807) is 35.8 Å². The van der Waals surface area contributed by atoms with Crippen LogP contribution < -0.4 is 10.1 Å². The van der Waals surface area contributed by atoms with Crippen molar-refractivity contribution < 1.29 is 9.59 Å². The molecule has 0 saturated carbocycles. The number of thiazole rings is 1. The lowest BCUT2D eigenvalue weighted by Crippen LogP contribution is -2.34. The van der Waals surface area contributed by atoms with Gasteiger partial charge in [-0.25, -0.2) is 0 Å². The second kappa shape index (κ2) is 7.85. The number of carbonyl (C=O) groups is 2. The maximum atomic E-state index is 12.6. The second-order valence-electron chi connectivity index (χ2n) is 5.69. The van der Waals surface area contributed by atoms with Crippen LogP contribution >= 0.6 is 22.9 Å². The van der Waals surface area contributed by atoms with Crippen LogP contribution in [0.2, 0.25) is 5.02 Å². The molecule has 0 spiro atoms. The molecule has 1 N–H and O–H groups in total. The molecule has 0 fully saturated rings. The van der Waals surface area contributed by atoms with Gasteiger partial charge in [0.1, 0.15) is 6.04 Å². The van der Waals surface area contributed by atoms with E-state index in [0.29, 0.717) is 21.9 Å². The van der Waals surface area contributed by atoms with Gasteiger partial charge in [-0.2, -0.15) is 4.99 Å². The lowest BCUT2D eigenvalue weighted by molar-refractivity contribution is -0.123. The Labute approximate surface area is 160 Å². The third kappa shape index (κ3) is 3.57. The van der Waals surface area contributed by atoms with Crippen LogP contribution in [0.3, 0.4) is 0 Å². The number of nitrogens with one attached hydrogen (secondary N) is 1.